The van der Waals surface area contributed by atoms with E-state index in [1.807, 2.05) is 36.9 Å². The number of hydrogen-bond donors (Lipinski definition) is 2. The van der Waals surface area contributed by atoms with Crippen molar-refractivity contribution < 1.29 is 4.55 Å². The number of rotatable bonds is 3. The van der Waals surface area contributed by atoms with Crippen LogP contribution in [0.4, 0.5) is 11.6 Å². The lowest BCUT2D eigenvalue weighted by Crippen LogP contribution is -2.26. The Kier molecular flexibility index (Phi) is 5.13. The summed E-state index contributed by atoms with van der Waals surface area (Å²) < 4.78 is 14.1. The van der Waals surface area contributed by atoms with Gasteiger partial charge in [0.25, 0.3) is 5.56 Å². The first kappa shape index (κ1) is 20.9. The summed E-state index contributed by atoms with van der Waals surface area (Å²) in [5.41, 5.74) is 4.01. The molecular formula is C22H27N7O2S. The molecule has 0 aromatic carbocycles. The van der Waals surface area contributed by atoms with E-state index in [0.29, 0.717) is 11.6 Å². The fourth-order valence-electron chi connectivity index (χ4n) is 4.42. The first-order chi connectivity index (χ1) is 15.3. The minimum atomic E-state index is -1.58. The molecule has 0 amide bonds. The monoisotopic (exact) mass is 453 g/mol. The summed E-state index contributed by atoms with van der Waals surface area (Å²) in [6.45, 7) is 3.90. The van der Waals surface area contributed by atoms with Crippen LogP contribution in [0.25, 0.3) is 16.7 Å². The van der Waals surface area contributed by atoms with Gasteiger partial charge in [0.2, 0.25) is 5.95 Å². The zero-order chi connectivity index (χ0) is 22.5. The summed E-state index contributed by atoms with van der Waals surface area (Å²) in [5, 5.41) is 8.33. The van der Waals surface area contributed by atoms with Crippen LogP contribution in [-0.2, 0) is 0 Å². The van der Waals surface area contributed by atoms with Crippen LogP contribution in [0.2, 0.25) is 0 Å². The molecule has 10 heteroatoms. The molecule has 1 saturated heterocycles. The lowest BCUT2D eigenvalue weighted by atomic mass is 10.1. The van der Waals surface area contributed by atoms with Crippen LogP contribution < -0.4 is 10.9 Å². The van der Waals surface area contributed by atoms with E-state index in [1.165, 1.54) is 6.33 Å². The van der Waals surface area contributed by atoms with Crippen LogP contribution in [0.5, 0.6) is 0 Å². The van der Waals surface area contributed by atoms with Crippen molar-refractivity contribution in [2.45, 2.75) is 39.2 Å². The molecule has 1 aliphatic rings. The Morgan fingerprint density at radius 2 is 2.00 bits per heavy atom. The zero-order valence-electron chi connectivity index (χ0n) is 18.4. The second kappa shape index (κ2) is 7.86. The quantitative estimate of drug-likeness (QED) is 0.485. The van der Waals surface area contributed by atoms with E-state index in [9.17, 15) is 9.35 Å². The molecule has 1 aliphatic heterocycles. The molecule has 4 aromatic heterocycles. The van der Waals surface area contributed by atoms with Crippen molar-refractivity contribution >= 4 is 38.6 Å². The predicted molar refractivity (Wildman–Crippen MR) is 128 cm³/mol. The highest BCUT2D eigenvalue weighted by atomic mass is 32.3. The predicted octanol–water partition coefficient (Wildman–Crippen LogP) is 3.83. The molecule has 9 nitrogen and oxygen atoms in total. The van der Waals surface area contributed by atoms with Gasteiger partial charge in [-0.25, -0.2) is 14.5 Å². The van der Waals surface area contributed by atoms with Crippen molar-refractivity contribution in [2.24, 2.45) is 0 Å². The normalized spacial score (nSPS) is 23.7. The summed E-state index contributed by atoms with van der Waals surface area (Å²) >= 11 is 0. The largest absolute Gasteiger partial charge is 0.352 e. The van der Waals surface area contributed by atoms with Gasteiger partial charge in [0.05, 0.1) is 11.9 Å². The molecule has 0 bridgehead atoms. The van der Waals surface area contributed by atoms with Crippen LogP contribution in [0.3, 0.4) is 0 Å². The Hall–Kier alpha value is -2.98. The summed E-state index contributed by atoms with van der Waals surface area (Å²) in [5.74, 6) is 1.99. The number of aryl methyl sites for hydroxylation is 2. The maximum absolute atomic E-state index is 13.1. The van der Waals surface area contributed by atoms with Gasteiger partial charge in [0, 0.05) is 29.4 Å². The molecule has 2 atom stereocenters. The minimum absolute atomic E-state index is 0.0167. The first-order valence-electron chi connectivity index (χ1n) is 10.7. The Morgan fingerprint density at radius 1 is 1.16 bits per heavy atom. The van der Waals surface area contributed by atoms with Crippen LogP contribution in [0, 0.1) is 13.8 Å². The topological polar surface area (TPSA) is 110 Å². The van der Waals surface area contributed by atoms with E-state index in [-0.39, 0.29) is 11.6 Å². The summed E-state index contributed by atoms with van der Waals surface area (Å²) in [7, 11) is -1.58. The molecule has 2 unspecified atom stereocenters. The van der Waals surface area contributed by atoms with Crippen molar-refractivity contribution in [3.05, 3.63) is 52.3 Å². The third-order valence-corrected chi connectivity index (χ3v) is 8.53. The Balaban J connectivity index is 1.58. The second-order valence-electron chi connectivity index (χ2n) is 8.74. The zero-order valence-corrected chi connectivity index (χ0v) is 19.3. The summed E-state index contributed by atoms with van der Waals surface area (Å²) in [4.78, 5) is 26.6. The van der Waals surface area contributed by atoms with E-state index in [2.05, 4.69) is 20.4 Å². The van der Waals surface area contributed by atoms with Gasteiger partial charge in [0.15, 0.2) is 5.65 Å². The summed E-state index contributed by atoms with van der Waals surface area (Å²) in [6, 6.07) is 3.62. The molecule has 32 heavy (non-hydrogen) atoms. The van der Waals surface area contributed by atoms with E-state index in [0.717, 1.165) is 58.6 Å². The van der Waals surface area contributed by atoms with E-state index < -0.39 is 10.3 Å². The van der Waals surface area contributed by atoms with Gasteiger partial charge in [0.1, 0.15) is 12.0 Å². The first-order valence-corrected chi connectivity index (χ1v) is 13.1. The lowest BCUT2D eigenvalue weighted by molar-refractivity contribution is 0.455. The molecule has 1 fully saturated rings. The summed E-state index contributed by atoms with van der Waals surface area (Å²) in [6.07, 6.45) is 9.64. The lowest BCUT2D eigenvalue weighted by Gasteiger charge is -2.27. The smallest absolute Gasteiger partial charge is 0.252 e. The number of aromatic nitrogens is 6. The molecule has 4 aromatic rings. The molecule has 2 N–H and O–H groups in total. The number of nitrogens with one attached hydrogen (secondary N) is 1. The average Bonchev–Trinajstić information content (AvgIpc) is 3.10. The Labute approximate surface area is 187 Å². The number of fused-ring (bicyclic) bond motifs is 2. The third kappa shape index (κ3) is 3.84. The molecule has 0 aliphatic carbocycles. The Morgan fingerprint density at radius 3 is 2.84 bits per heavy atom. The minimum Gasteiger partial charge on any atom is -0.352 e. The van der Waals surface area contributed by atoms with E-state index in [1.54, 1.807) is 16.8 Å². The van der Waals surface area contributed by atoms with Crippen molar-refractivity contribution in [3.63, 3.8) is 0 Å². The molecule has 5 heterocycles. The van der Waals surface area contributed by atoms with Gasteiger partial charge in [-0.1, -0.05) is 0 Å². The maximum Gasteiger partial charge on any atom is 0.252 e. The fraction of sp³-hybridized carbons (Fsp3) is 0.409. The molecular weight excluding hydrogens is 426 g/mol. The fourth-order valence-corrected chi connectivity index (χ4v) is 6.19. The average molecular weight is 454 g/mol. The second-order valence-corrected chi connectivity index (χ2v) is 12.0. The van der Waals surface area contributed by atoms with Gasteiger partial charge in [-0.3, -0.25) is 9.36 Å². The molecule has 168 valence electrons. The van der Waals surface area contributed by atoms with Crippen molar-refractivity contribution in [3.8, 4) is 0 Å². The van der Waals surface area contributed by atoms with Crippen molar-refractivity contribution in [1.29, 1.82) is 0 Å². The molecule has 0 spiro atoms. The van der Waals surface area contributed by atoms with Crippen molar-refractivity contribution in [1.82, 2.24) is 29.1 Å². The van der Waals surface area contributed by atoms with Gasteiger partial charge in [-0.05, 0) is 62.3 Å². The number of nitrogens with zero attached hydrogens (tertiary/aromatic N) is 6. The van der Waals surface area contributed by atoms with Crippen LogP contribution in [-0.4, -0.2) is 51.4 Å². The highest BCUT2D eigenvalue weighted by Gasteiger charge is 2.25. The molecule has 0 saturated carbocycles. The van der Waals surface area contributed by atoms with Gasteiger partial charge in [-0.2, -0.15) is 10.1 Å². The number of anilines is 2. The van der Waals surface area contributed by atoms with Crippen LogP contribution in [0.1, 0.15) is 36.4 Å². The maximum atomic E-state index is 13.1. The van der Waals surface area contributed by atoms with E-state index >= 15 is 0 Å². The highest BCUT2D eigenvalue weighted by molar-refractivity contribution is 8.28. The Bertz CT molecular complexity index is 1380. The highest BCUT2D eigenvalue weighted by Crippen LogP contribution is 2.45. The van der Waals surface area contributed by atoms with Gasteiger partial charge in [-0.15, -0.1) is 10.3 Å². The van der Waals surface area contributed by atoms with Gasteiger partial charge >= 0.3 is 0 Å². The van der Waals surface area contributed by atoms with Gasteiger partial charge < -0.3 is 9.87 Å². The molecule has 5 rings (SSSR count). The van der Waals surface area contributed by atoms with Crippen molar-refractivity contribution in [2.75, 3.05) is 23.1 Å². The standard InChI is InChI=1S/C22H27N7O2S/c1-14-10-20(30)29(16-5-4-7-32(3,31)8-6-16)21-17(14)11-23-22(27-21)26-18-12-28-19(9-15(18)2)24-13-25-28/h9-13,16,31H,4-8H2,1-3H3,(H,23,26,27). The number of pyridine rings is 2. The van der Waals surface area contributed by atoms with Crippen LogP contribution in [0.15, 0.2) is 35.6 Å². The van der Waals surface area contributed by atoms with Crippen LogP contribution >= 0.6 is 10.3 Å². The number of hydrogen-bond acceptors (Lipinski definition) is 7. The third-order valence-electron chi connectivity index (χ3n) is 6.25. The SMILES string of the molecule is Cc1cc2ncnn2cc1Nc1ncc2c(C)cc(=O)n(C3CCCS(C)(O)CC3)c2n1. The molecule has 0 radical (unpaired) electrons. The van der Waals surface area contributed by atoms with E-state index in [4.69, 9.17) is 4.98 Å².